The van der Waals surface area contributed by atoms with Gasteiger partial charge >= 0.3 is 0 Å². The summed E-state index contributed by atoms with van der Waals surface area (Å²) in [5.41, 5.74) is 0.784. The molecule has 2 heterocycles. The number of amides is 1. The lowest BCUT2D eigenvalue weighted by Crippen LogP contribution is -2.52. The number of aryl methyl sites for hydroxylation is 1. The van der Waals surface area contributed by atoms with Crippen LogP contribution in [0.2, 0.25) is 0 Å². The van der Waals surface area contributed by atoms with Gasteiger partial charge in [-0.2, -0.15) is 0 Å². The molecule has 1 unspecified atom stereocenters. The molecule has 0 bridgehead atoms. The fraction of sp³-hybridized carbons (Fsp3) is 0.545. The SMILES string of the molecule is CC1CNCCN1C(=O)c1ccn(C)c1. The van der Waals surface area contributed by atoms with Gasteiger partial charge in [0.2, 0.25) is 0 Å². The van der Waals surface area contributed by atoms with Gasteiger partial charge in [-0.05, 0) is 13.0 Å². The van der Waals surface area contributed by atoms with Crippen molar-refractivity contribution in [3.63, 3.8) is 0 Å². The van der Waals surface area contributed by atoms with Crippen LogP contribution < -0.4 is 5.32 Å². The minimum Gasteiger partial charge on any atom is -0.356 e. The fourth-order valence-electron chi connectivity index (χ4n) is 1.94. The monoisotopic (exact) mass is 207 g/mol. The van der Waals surface area contributed by atoms with E-state index in [9.17, 15) is 4.79 Å². The molecule has 0 aromatic carbocycles. The smallest absolute Gasteiger partial charge is 0.255 e. The molecule has 0 radical (unpaired) electrons. The van der Waals surface area contributed by atoms with E-state index in [0.29, 0.717) is 0 Å². The summed E-state index contributed by atoms with van der Waals surface area (Å²) >= 11 is 0. The van der Waals surface area contributed by atoms with Gasteiger partial charge in [0.05, 0.1) is 5.56 Å². The molecule has 1 aliphatic heterocycles. The molecular weight excluding hydrogens is 190 g/mol. The summed E-state index contributed by atoms with van der Waals surface area (Å²) in [4.78, 5) is 14.0. The zero-order valence-corrected chi connectivity index (χ0v) is 9.23. The lowest BCUT2D eigenvalue weighted by molar-refractivity contribution is 0.0656. The van der Waals surface area contributed by atoms with Gasteiger partial charge in [-0.3, -0.25) is 4.79 Å². The lowest BCUT2D eigenvalue weighted by Gasteiger charge is -2.33. The third-order valence-electron chi connectivity index (χ3n) is 2.84. The van der Waals surface area contributed by atoms with Gasteiger partial charge in [0.25, 0.3) is 5.91 Å². The van der Waals surface area contributed by atoms with Crippen molar-refractivity contribution in [2.75, 3.05) is 19.6 Å². The van der Waals surface area contributed by atoms with Gasteiger partial charge in [0.1, 0.15) is 0 Å². The van der Waals surface area contributed by atoms with Crippen LogP contribution in [0.3, 0.4) is 0 Å². The summed E-state index contributed by atoms with van der Waals surface area (Å²) in [7, 11) is 1.93. The molecule has 0 aliphatic carbocycles. The molecule has 0 spiro atoms. The van der Waals surface area contributed by atoms with Crippen molar-refractivity contribution in [2.45, 2.75) is 13.0 Å². The zero-order chi connectivity index (χ0) is 10.8. The van der Waals surface area contributed by atoms with Crippen LogP contribution in [0.4, 0.5) is 0 Å². The molecule has 4 nitrogen and oxygen atoms in total. The van der Waals surface area contributed by atoms with E-state index in [1.54, 1.807) is 0 Å². The van der Waals surface area contributed by atoms with Crippen LogP contribution in [0.15, 0.2) is 18.5 Å². The molecule has 1 aliphatic rings. The topological polar surface area (TPSA) is 37.3 Å². The number of piperazine rings is 1. The molecule has 2 rings (SSSR count). The first-order valence-electron chi connectivity index (χ1n) is 5.32. The highest BCUT2D eigenvalue weighted by molar-refractivity contribution is 5.94. The third kappa shape index (κ3) is 2.04. The number of hydrogen-bond acceptors (Lipinski definition) is 2. The van der Waals surface area contributed by atoms with Gasteiger partial charge in [0, 0.05) is 45.1 Å². The predicted octanol–water partition coefficient (Wildman–Crippen LogP) is 0.459. The second-order valence-electron chi connectivity index (χ2n) is 4.12. The van der Waals surface area contributed by atoms with Crippen LogP contribution in [0.25, 0.3) is 0 Å². The quantitative estimate of drug-likeness (QED) is 0.726. The molecule has 1 fully saturated rings. The van der Waals surface area contributed by atoms with Crippen LogP contribution in [0.5, 0.6) is 0 Å². The molecule has 82 valence electrons. The van der Waals surface area contributed by atoms with Gasteiger partial charge in [0.15, 0.2) is 0 Å². The molecule has 1 aromatic rings. The molecular formula is C11H17N3O. The maximum absolute atomic E-state index is 12.1. The molecule has 1 amide bonds. The Morgan fingerprint density at radius 2 is 2.40 bits per heavy atom. The minimum atomic E-state index is 0.143. The summed E-state index contributed by atoms with van der Waals surface area (Å²) in [6, 6.07) is 2.16. The van der Waals surface area contributed by atoms with Crippen LogP contribution in [-0.2, 0) is 7.05 Å². The molecule has 0 saturated carbocycles. The number of carbonyl (C=O) groups is 1. The highest BCUT2D eigenvalue weighted by Gasteiger charge is 2.24. The number of rotatable bonds is 1. The highest BCUT2D eigenvalue weighted by Crippen LogP contribution is 2.10. The summed E-state index contributed by atoms with van der Waals surface area (Å²) < 4.78 is 1.90. The largest absolute Gasteiger partial charge is 0.356 e. The molecule has 4 heteroatoms. The Morgan fingerprint density at radius 1 is 1.60 bits per heavy atom. The number of nitrogens with zero attached hydrogens (tertiary/aromatic N) is 2. The Bertz CT molecular complexity index is 358. The molecule has 15 heavy (non-hydrogen) atoms. The maximum Gasteiger partial charge on any atom is 0.255 e. The van der Waals surface area contributed by atoms with Crippen LogP contribution in [-0.4, -0.2) is 41.1 Å². The first kappa shape index (κ1) is 10.2. The van der Waals surface area contributed by atoms with E-state index in [4.69, 9.17) is 0 Å². The van der Waals surface area contributed by atoms with Crippen molar-refractivity contribution in [1.29, 1.82) is 0 Å². The van der Waals surface area contributed by atoms with Crippen molar-refractivity contribution in [2.24, 2.45) is 7.05 Å². The predicted molar refractivity (Wildman–Crippen MR) is 58.8 cm³/mol. The summed E-state index contributed by atoms with van der Waals surface area (Å²) in [6.45, 7) is 4.66. The van der Waals surface area contributed by atoms with Crippen molar-refractivity contribution < 1.29 is 4.79 Å². The highest BCUT2D eigenvalue weighted by atomic mass is 16.2. The van der Waals surface area contributed by atoms with Crippen molar-refractivity contribution in [3.8, 4) is 0 Å². The number of aromatic nitrogens is 1. The van der Waals surface area contributed by atoms with Gasteiger partial charge in [-0.25, -0.2) is 0 Å². The van der Waals surface area contributed by atoms with E-state index in [1.165, 1.54) is 0 Å². The molecule has 1 atom stereocenters. The second-order valence-corrected chi connectivity index (χ2v) is 4.12. The fourth-order valence-corrected chi connectivity index (χ4v) is 1.94. The van der Waals surface area contributed by atoms with E-state index in [-0.39, 0.29) is 11.9 Å². The van der Waals surface area contributed by atoms with E-state index in [1.807, 2.05) is 35.0 Å². The summed E-state index contributed by atoms with van der Waals surface area (Å²) in [5, 5.41) is 3.28. The van der Waals surface area contributed by atoms with E-state index in [0.717, 1.165) is 25.2 Å². The van der Waals surface area contributed by atoms with E-state index >= 15 is 0 Å². The van der Waals surface area contributed by atoms with Crippen LogP contribution in [0, 0.1) is 0 Å². The average Bonchev–Trinajstić information content (AvgIpc) is 2.65. The first-order chi connectivity index (χ1) is 7.18. The van der Waals surface area contributed by atoms with E-state index < -0.39 is 0 Å². The van der Waals surface area contributed by atoms with E-state index in [2.05, 4.69) is 12.2 Å². The number of hydrogen-bond donors (Lipinski definition) is 1. The summed E-state index contributed by atoms with van der Waals surface area (Å²) in [5.74, 6) is 0.143. The van der Waals surface area contributed by atoms with Crippen molar-refractivity contribution in [3.05, 3.63) is 24.0 Å². The first-order valence-corrected chi connectivity index (χ1v) is 5.32. The average molecular weight is 207 g/mol. The molecule has 1 N–H and O–H groups in total. The Morgan fingerprint density at radius 3 is 3.00 bits per heavy atom. The maximum atomic E-state index is 12.1. The van der Waals surface area contributed by atoms with Gasteiger partial charge in [-0.1, -0.05) is 0 Å². The normalized spacial score (nSPS) is 21.7. The Balaban J connectivity index is 2.13. The van der Waals surface area contributed by atoms with Gasteiger partial charge in [-0.15, -0.1) is 0 Å². The molecule has 1 saturated heterocycles. The molecule has 1 aromatic heterocycles. The summed E-state index contributed by atoms with van der Waals surface area (Å²) in [6.07, 6.45) is 3.77. The number of carbonyl (C=O) groups excluding carboxylic acids is 1. The lowest BCUT2D eigenvalue weighted by atomic mass is 10.2. The number of nitrogens with one attached hydrogen (secondary N) is 1. The minimum absolute atomic E-state index is 0.143. The van der Waals surface area contributed by atoms with Crippen LogP contribution in [0.1, 0.15) is 17.3 Å². The van der Waals surface area contributed by atoms with Crippen molar-refractivity contribution >= 4 is 5.91 Å². The Hall–Kier alpha value is -1.29. The Labute approximate surface area is 89.9 Å². The van der Waals surface area contributed by atoms with Crippen molar-refractivity contribution in [1.82, 2.24) is 14.8 Å². The third-order valence-corrected chi connectivity index (χ3v) is 2.84. The zero-order valence-electron chi connectivity index (χ0n) is 9.23. The standard InChI is InChI=1S/C11H17N3O/c1-9-7-12-4-6-14(9)11(15)10-3-5-13(2)8-10/h3,5,8-9,12H,4,6-7H2,1-2H3. The second kappa shape index (κ2) is 4.06. The van der Waals surface area contributed by atoms with Gasteiger partial charge < -0.3 is 14.8 Å². The van der Waals surface area contributed by atoms with Crippen LogP contribution >= 0.6 is 0 Å². The Kier molecular flexibility index (Phi) is 2.77.